The van der Waals surface area contributed by atoms with Gasteiger partial charge in [0.15, 0.2) is 6.10 Å². The molecular formula is C18H26Cl2Na2O7. The molecule has 0 amide bonds. The van der Waals surface area contributed by atoms with Crippen molar-refractivity contribution in [2.24, 2.45) is 0 Å². The third-order valence-electron chi connectivity index (χ3n) is 4.35. The molecule has 0 saturated carbocycles. The second kappa shape index (κ2) is 15.4. The van der Waals surface area contributed by atoms with E-state index in [1.54, 1.807) is 12.1 Å². The Balaban J connectivity index is 0. The molecule has 0 spiro atoms. The second-order valence-corrected chi connectivity index (χ2v) is 7.36. The first kappa shape index (κ1) is 31.8. The molecule has 0 radical (unpaired) electrons. The van der Waals surface area contributed by atoms with Gasteiger partial charge >= 0.3 is 71.1 Å². The van der Waals surface area contributed by atoms with Gasteiger partial charge in [0, 0.05) is 16.5 Å². The zero-order valence-electron chi connectivity index (χ0n) is 14.6. The number of benzene rings is 1. The SMILES string of the molecule is O=C(O)C(O)C(O)(CC(O)CCCCCCc1ccc(Cl)cc1Cl)C(=O)O.[NaH].[NaH]. The van der Waals surface area contributed by atoms with Crippen LogP contribution in [0.3, 0.4) is 0 Å². The summed E-state index contributed by atoms with van der Waals surface area (Å²) in [7, 11) is 0. The van der Waals surface area contributed by atoms with Gasteiger partial charge in [-0.1, -0.05) is 48.5 Å². The Morgan fingerprint density at radius 1 is 1.00 bits per heavy atom. The van der Waals surface area contributed by atoms with Crippen molar-refractivity contribution in [2.75, 3.05) is 0 Å². The molecule has 1 aromatic rings. The van der Waals surface area contributed by atoms with E-state index in [9.17, 15) is 24.9 Å². The van der Waals surface area contributed by atoms with Crippen LogP contribution in [-0.2, 0) is 16.0 Å². The molecule has 0 aliphatic rings. The normalized spacial score (nSPS) is 14.7. The molecule has 1 rings (SSSR count). The number of aliphatic carboxylic acids is 2. The zero-order chi connectivity index (χ0) is 20.6. The summed E-state index contributed by atoms with van der Waals surface area (Å²) in [4.78, 5) is 21.8. The topological polar surface area (TPSA) is 135 Å². The molecule has 29 heavy (non-hydrogen) atoms. The number of aliphatic hydroxyl groups excluding tert-OH is 2. The summed E-state index contributed by atoms with van der Waals surface area (Å²) in [5, 5.41) is 48.1. The first-order valence-corrected chi connectivity index (χ1v) is 9.32. The Kier molecular flexibility index (Phi) is 16.9. The van der Waals surface area contributed by atoms with Gasteiger partial charge in [0.05, 0.1) is 6.10 Å². The van der Waals surface area contributed by atoms with Crippen LogP contribution in [0.25, 0.3) is 0 Å². The van der Waals surface area contributed by atoms with E-state index in [0.29, 0.717) is 16.5 Å². The van der Waals surface area contributed by atoms with E-state index in [-0.39, 0.29) is 65.5 Å². The number of carboxylic acids is 2. The summed E-state index contributed by atoms with van der Waals surface area (Å²) < 4.78 is 0. The van der Waals surface area contributed by atoms with Gasteiger partial charge in [0.1, 0.15) is 0 Å². The fourth-order valence-electron chi connectivity index (χ4n) is 2.75. The quantitative estimate of drug-likeness (QED) is 0.228. The predicted octanol–water partition coefficient (Wildman–Crippen LogP) is 1.20. The van der Waals surface area contributed by atoms with Gasteiger partial charge in [-0.3, -0.25) is 0 Å². The molecule has 156 valence electrons. The number of aryl methyl sites for hydroxylation is 1. The summed E-state index contributed by atoms with van der Waals surface area (Å²) in [6.07, 6.45) is -0.522. The summed E-state index contributed by atoms with van der Waals surface area (Å²) in [6.45, 7) is 0. The Morgan fingerprint density at radius 2 is 1.59 bits per heavy atom. The first-order chi connectivity index (χ1) is 12.6. The summed E-state index contributed by atoms with van der Waals surface area (Å²) in [6, 6.07) is 5.33. The molecule has 0 heterocycles. The fourth-order valence-corrected chi connectivity index (χ4v) is 3.26. The molecule has 0 fully saturated rings. The van der Waals surface area contributed by atoms with Gasteiger partial charge in [-0.15, -0.1) is 0 Å². The zero-order valence-corrected chi connectivity index (χ0v) is 16.2. The number of rotatable bonds is 12. The maximum atomic E-state index is 11.1. The second-order valence-electron chi connectivity index (χ2n) is 6.52. The van der Waals surface area contributed by atoms with E-state index in [2.05, 4.69) is 0 Å². The molecule has 7 nitrogen and oxygen atoms in total. The van der Waals surface area contributed by atoms with Gasteiger partial charge in [-0.05, 0) is 37.0 Å². The number of aliphatic hydroxyl groups is 3. The molecule has 0 saturated heterocycles. The molecule has 3 unspecified atom stereocenters. The standard InChI is InChI=1S/C18H24Cl2O7.2Na.2H/c19-12-8-7-11(14(20)9-12)5-3-1-2-4-6-13(21)10-18(27,17(25)26)15(22)16(23)24;;;;/h7-9,13,15,21-22,27H,1-6,10H2,(H,23,24)(H,25,26);;;;. The minimum atomic E-state index is -2.93. The van der Waals surface area contributed by atoms with Crippen molar-refractivity contribution in [2.45, 2.75) is 62.8 Å². The van der Waals surface area contributed by atoms with Crippen molar-refractivity contribution in [1.82, 2.24) is 0 Å². The number of hydrogen-bond donors (Lipinski definition) is 5. The van der Waals surface area contributed by atoms with Crippen LogP contribution in [0.5, 0.6) is 0 Å². The number of halogens is 2. The Labute approximate surface area is 224 Å². The van der Waals surface area contributed by atoms with Crippen molar-refractivity contribution < 1.29 is 35.1 Å². The summed E-state index contributed by atoms with van der Waals surface area (Å²) in [5.74, 6) is -3.76. The molecule has 0 aromatic heterocycles. The van der Waals surface area contributed by atoms with Crippen molar-refractivity contribution in [1.29, 1.82) is 0 Å². The van der Waals surface area contributed by atoms with E-state index in [4.69, 9.17) is 33.4 Å². The van der Waals surface area contributed by atoms with Gasteiger partial charge in [-0.2, -0.15) is 0 Å². The number of unbranched alkanes of at least 4 members (excludes halogenated alkanes) is 3. The Morgan fingerprint density at radius 3 is 2.10 bits per heavy atom. The van der Waals surface area contributed by atoms with Crippen molar-refractivity contribution in [3.63, 3.8) is 0 Å². The molecule has 1 aromatic carbocycles. The molecule has 0 aliphatic carbocycles. The van der Waals surface area contributed by atoms with Crippen molar-refractivity contribution in [3.8, 4) is 0 Å². The third-order valence-corrected chi connectivity index (χ3v) is 4.94. The van der Waals surface area contributed by atoms with Gasteiger partial charge in [0.2, 0.25) is 5.60 Å². The van der Waals surface area contributed by atoms with Gasteiger partial charge < -0.3 is 25.5 Å². The molecule has 11 heteroatoms. The van der Waals surface area contributed by atoms with Crippen LogP contribution < -0.4 is 0 Å². The van der Waals surface area contributed by atoms with Crippen LogP contribution >= 0.6 is 23.2 Å². The minimum absolute atomic E-state index is 0. The van der Waals surface area contributed by atoms with Gasteiger partial charge in [-0.25, -0.2) is 9.59 Å². The van der Waals surface area contributed by atoms with Crippen molar-refractivity contribution in [3.05, 3.63) is 33.8 Å². The van der Waals surface area contributed by atoms with Crippen LogP contribution in [0.15, 0.2) is 18.2 Å². The number of hydrogen-bond acceptors (Lipinski definition) is 5. The molecule has 3 atom stereocenters. The molecule has 5 N–H and O–H groups in total. The average molecular weight is 471 g/mol. The van der Waals surface area contributed by atoms with E-state index in [0.717, 1.165) is 31.2 Å². The Hall–Kier alpha value is 0.620. The van der Waals surface area contributed by atoms with Gasteiger partial charge in [0.25, 0.3) is 0 Å². The monoisotopic (exact) mass is 470 g/mol. The average Bonchev–Trinajstić information content (AvgIpc) is 2.58. The Bertz CT molecular complexity index is 663. The van der Waals surface area contributed by atoms with Crippen LogP contribution in [0, 0.1) is 0 Å². The fraction of sp³-hybridized carbons (Fsp3) is 0.556. The first-order valence-electron chi connectivity index (χ1n) is 8.56. The van der Waals surface area contributed by atoms with Crippen LogP contribution in [0.1, 0.15) is 44.1 Å². The summed E-state index contributed by atoms with van der Waals surface area (Å²) >= 11 is 11.9. The molecular weight excluding hydrogens is 445 g/mol. The van der Waals surface area contributed by atoms with Crippen molar-refractivity contribution >= 4 is 94.3 Å². The molecule has 0 bridgehead atoms. The number of carboxylic acid groups (broad SMARTS) is 2. The predicted molar refractivity (Wildman–Crippen MR) is 114 cm³/mol. The van der Waals surface area contributed by atoms with Crippen LogP contribution in [-0.4, -0.2) is 114 Å². The van der Waals surface area contributed by atoms with E-state index in [1.165, 1.54) is 0 Å². The van der Waals surface area contributed by atoms with Crippen LogP contribution in [0.4, 0.5) is 0 Å². The van der Waals surface area contributed by atoms with E-state index in [1.807, 2.05) is 6.07 Å². The summed E-state index contributed by atoms with van der Waals surface area (Å²) in [5.41, 5.74) is -1.94. The number of carbonyl (C=O) groups is 2. The third kappa shape index (κ3) is 10.7. The maximum absolute atomic E-state index is 11.1. The van der Waals surface area contributed by atoms with Crippen LogP contribution in [0.2, 0.25) is 10.0 Å². The van der Waals surface area contributed by atoms with E-state index < -0.39 is 36.2 Å². The van der Waals surface area contributed by atoms with E-state index >= 15 is 0 Å². The molecule has 0 aliphatic heterocycles.